The van der Waals surface area contributed by atoms with Gasteiger partial charge in [0.2, 0.25) is 0 Å². The predicted molar refractivity (Wildman–Crippen MR) is 78.7 cm³/mol. The van der Waals surface area contributed by atoms with Gasteiger partial charge in [0.15, 0.2) is 0 Å². The molecule has 1 aliphatic rings. The van der Waals surface area contributed by atoms with Crippen molar-refractivity contribution in [2.45, 2.75) is 58.9 Å². The molecule has 0 bridgehead atoms. The molecule has 2 amide bonds. The first kappa shape index (κ1) is 16.8. The van der Waals surface area contributed by atoms with Crippen LogP contribution in [0, 0.1) is 5.92 Å². The maximum Gasteiger partial charge on any atom is 0.323 e. The van der Waals surface area contributed by atoms with E-state index in [0.29, 0.717) is 0 Å². The molecule has 0 aliphatic carbocycles. The van der Waals surface area contributed by atoms with Crippen LogP contribution in [0.1, 0.15) is 52.9 Å². The summed E-state index contributed by atoms with van der Waals surface area (Å²) in [7, 11) is 0. The Morgan fingerprint density at radius 2 is 1.90 bits per heavy atom. The standard InChI is InChI=1S/C15H28N2O3/c1-4-6-13-7-9-16(10-8-13)15(20)17(11-14(18)19)12(3)5-2/h12-13H,4-11H2,1-3H3,(H,18,19). The third-order valence-corrected chi connectivity index (χ3v) is 4.26. The van der Waals surface area contributed by atoms with Gasteiger partial charge in [-0.2, -0.15) is 0 Å². The molecule has 0 radical (unpaired) electrons. The van der Waals surface area contributed by atoms with Gasteiger partial charge in [-0.3, -0.25) is 4.79 Å². The molecule has 1 saturated heterocycles. The monoisotopic (exact) mass is 284 g/mol. The first-order valence-corrected chi connectivity index (χ1v) is 7.76. The zero-order chi connectivity index (χ0) is 15.1. The molecular weight excluding hydrogens is 256 g/mol. The highest BCUT2D eigenvalue weighted by Gasteiger charge is 2.29. The van der Waals surface area contributed by atoms with Crippen LogP contribution in [0.15, 0.2) is 0 Å². The third-order valence-electron chi connectivity index (χ3n) is 4.26. The van der Waals surface area contributed by atoms with E-state index in [1.54, 1.807) is 0 Å². The topological polar surface area (TPSA) is 60.9 Å². The largest absolute Gasteiger partial charge is 0.480 e. The molecule has 1 unspecified atom stereocenters. The molecule has 20 heavy (non-hydrogen) atoms. The highest BCUT2D eigenvalue weighted by atomic mass is 16.4. The fraction of sp³-hybridized carbons (Fsp3) is 0.867. The Labute approximate surface area is 121 Å². The van der Waals surface area contributed by atoms with E-state index in [0.717, 1.165) is 38.3 Å². The number of carboxylic acids is 1. The number of nitrogens with zero attached hydrogens (tertiary/aromatic N) is 2. The number of carboxylic acid groups (broad SMARTS) is 1. The number of likely N-dealkylation sites (tertiary alicyclic amines) is 1. The SMILES string of the molecule is CCCC1CCN(C(=O)N(CC(=O)O)C(C)CC)CC1. The zero-order valence-corrected chi connectivity index (χ0v) is 13.0. The van der Waals surface area contributed by atoms with E-state index in [9.17, 15) is 9.59 Å². The molecule has 5 nitrogen and oxygen atoms in total. The number of hydrogen-bond acceptors (Lipinski definition) is 2. The van der Waals surface area contributed by atoms with Crippen molar-refractivity contribution in [3.8, 4) is 0 Å². The number of carbonyl (C=O) groups excluding carboxylic acids is 1. The molecule has 1 atom stereocenters. The summed E-state index contributed by atoms with van der Waals surface area (Å²) in [5.41, 5.74) is 0. The van der Waals surface area contributed by atoms with Crippen LogP contribution in [0.4, 0.5) is 4.79 Å². The van der Waals surface area contributed by atoms with Crippen molar-refractivity contribution < 1.29 is 14.7 Å². The molecular formula is C15H28N2O3. The fourth-order valence-electron chi connectivity index (χ4n) is 2.78. The summed E-state index contributed by atoms with van der Waals surface area (Å²) < 4.78 is 0. The number of rotatable bonds is 6. The lowest BCUT2D eigenvalue weighted by Gasteiger charge is -2.37. The van der Waals surface area contributed by atoms with Gasteiger partial charge in [0.25, 0.3) is 0 Å². The van der Waals surface area contributed by atoms with Crippen LogP contribution in [-0.4, -0.2) is 52.6 Å². The number of aliphatic carboxylic acids is 1. The van der Waals surface area contributed by atoms with Crippen LogP contribution in [0.25, 0.3) is 0 Å². The van der Waals surface area contributed by atoms with E-state index >= 15 is 0 Å². The Morgan fingerprint density at radius 3 is 2.35 bits per heavy atom. The highest BCUT2D eigenvalue weighted by molar-refractivity contribution is 5.80. The van der Waals surface area contributed by atoms with Crippen LogP contribution in [0.3, 0.4) is 0 Å². The van der Waals surface area contributed by atoms with Gasteiger partial charge < -0.3 is 14.9 Å². The second-order valence-corrected chi connectivity index (χ2v) is 5.78. The van der Waals surface area contributed by atoms with E-state index in [-0.39, 0.29) is 18.6 Å². The van der Waals surface area contributed by atoms with Crippen molar-refractivity contribution >= 4 is 12.0 Å². The number of urea groups is 1. The van der Waals surface area contributed by atoms with Crippen molar-refractivity contribution in [1.29, 1.82) is 0 Å². The van der Waals surface area contributed by atoms with Crippen LogP contribution < -0.4 is 0 Å². The molecule has 0 spiro atoms. The lowest BCUT2D eigenvalue weighted by Crippen LogP contribution is -2.51. The number of carbonyl (C=O) groups is 2. The summed E-state index contributed by atoms with van der Waals surface area (Å²) in [6, 6.07) is -0.149. The maximum absolute atomic E-state index is 12.5. The quantitative estimate of drug-likeness (QED) is 0.816. The predicted octanol–water partition coefficient (Wildman–Crippen LogP) is 2.80. The van der Waals surface area contributed by atoms with Gasteiger partial charge in [-0.05, 0) is 32.1 Å². The van der Waals surface area contributed by atoms with Gasteiger partial charge in [-0.1, -0.05) is 26.7 Å². The average Bonchev–Trinajstić information content (AvgIpc) is 2.44. The van der Waals surface area contributed by atoms with Crippen molar-refractivity contribution in [2.24, 2.45) is 5.92 Å². The van der Waals surface area contributed by atoms with Crippen molar-refractivity contribution in [1.82, 2.24) is 9.80 Å². The molecule has 1 N–H and O–H groups in total. The minimum atomic E-state index is -0.945. The Balaban J connectivity index is 2.59. The number of piperidine rings is 1. The second kappa shape index (κ2) is 8.12. The van der Waals surface area contributed by atoms with Gasteiger partial charge in [-0.25, -0.2) is 4.79 Å². The van der Waals surface area contributed by atoms with Gasteiger partial charge in [-0.15, -0.1) is 0 Å². The van der Waals surface area contributed by atoms with Gasteiger partial charge in [0.1, 0.15) is 6.54 Å². The van der Waals surface area contributed by atoms with Crippen molar-refractivity contribution in [3.05, 3.63) is 0 Å². The summed E-state index contributed by atoms with van der Waals surface area (Å²) in [4.78, 5) is 26.7. The van der Waals surface area contributed by atoms with Crippen LogP contribution in [0.2, 0.25) is 0 Å². The van der Waals surface area contributed by atoms with Gasteiger partial charge in [0, 0.05) is 19.1 Å². The molecule has 1 rings (SSSR count). The normalized spacial score (nSPS) is 17.9. The van der Waals surface area contributed by atoms with Crippen LogP contribution >= 0.6 is 0 Å². The summed E-state index contributed by atoms with van der Waals surface area (Å²) in [5, 5.41) is 8.98. The van der Waals surface area contributed by atoms with E-state index in [4.69, 9.17) is 5.11 Å². The Bertz CT molecular complexity index is 325. The molecule has 1 heterocycles. The second-order valence-electron chi connectivity index (χ2n) is 5.78. The summed E-state index contributed by atoms with van der Waals surface area (Å²) >= 11 is 0. The molecule has 0 aromatic rings. The van der Waals surface area contributed by atoms with E-state index < -0.39 is 5.97 Å². The lowest BCUT2D eigenvalue weighted by molar-refractivity contribution is -0.138. The minimum absolute atomic E-state index is 0.0352. The maximum atomic E-state index is 12.5. The molecule has 116 valence electrons. The average molecular weight is 284 g/mol. The molecule has 0 aromatic carbocycles. The summed E-state index contributed by atoms with van der Waals surface area (Å²) in [6.07, 6.45) is 5.27. The molecule has 5 heteroatoms. The summed E-state index contributed by atoms with van der Waals surface area (Å²) in [6.45, 7) is 7.38. The van der Waals surface area contributed by atoms with E-state index in [2.05, 4.69) is 6.92 Å². The smallest absolute Gasteiger partial charge is 0.323 e. The van der Waals surface area contributed by atoms with Gasteiger partial charge in [0.05, 0.1) is 0 Å². The van der Waals surface area contributed by atoms with Crippen molar-refractivity contribution in [3.63, 3.8) is 0 Å². The van der Waals surface area contributed by atoms with Crippen LogP contribution in [0.5, 0.6) is 0 Å². The van der Waals surface area contributed by atoms with Gasteiger partial charge >= 0.3 is 12.0 Å². The van der Waals surface area contributed by atoms with E-state index in [1.807, 2.05) is 18.7 Å². The Kier molecular flexibility index (Phi) is 6.82. The Morgan fingerprint density at radius 1 is 1.30 bits per heavy atom. The Hall–Kier alpha value is -1.26. The van der Waals surface area contributed by atoms with E-state index in [1.165, 1.54) is 17.7 Å². The fourth-order valence-corrected chi connectivity index (χ4v) is 2.78. The number of hydrogen-bond donors (Lipinski definition) is 1. The third kappa shape index (κ3) is 4.69. The highest BCUT2D eigenvalue weighted by Crippen LogP contribution is 2.23. The molecule has 0 saturated carbocycles. The number of amides is 2. The molecule has 1 aliphatic heterocycles. The minimum Gasteiger partial charge on any atom is -0.480 e. The van der Waals surface area contributed by atoms with Crippen LogP contribution in [-0.2, 0) is 4.79 Å². The zero-order valence-electron chi connectivity index (χ0n) is 13.0. The lowest BCUT2D eigenvalue weighted by atomic mass is 9.93. The molecule has 0 aromatic heterocycles. The summed E-state index contributed by atoms with van der Waals surface area (Å²) in [5.74, 6) is -0.222. The molecule has 1 fully saturated rings. The first-order valence-electron chi connectivity index (χ1n) is 7.76. The van der Waals surface area contributed by atoms with Crippen molar-refractivity contribution in [2.75, 3.05) is 19.6 Å². The first-order chi connectivity index (χ1) is 9.49.